The molecule has 1 aromatic heterocycles. The molecule has 0 fully saturated rings. The van der Waals surface area contributed by atoms with Crippen LogP contribution in [0, 0.1) is 6.92 Å². The van der Waals surface area contributed by atoms with Crippen molar-refractivity contribution in [1.82, 2.24) is 4.98 Å². The fourth-order valence-corrected chi connectivity index (χ4v) is 4.52. The molecule has 0 radical (unpaired) electrons. The van der Waals surface area contributed by atoms with Crippen LogP contribution in [0.15, 0.2) is 66.7 Å². The number of aryl methyl sites for hydroxylation is 1. The summed E-state index contributed by atoms with van der Waals surface area (Å²) in [6, 6.07) is 22.3. The van der Waals surface area contributed by atoms with E-state index in [1.54, 1.807) is 11.3 Å². The van der Waals surface area contributed by atoms with E-state index in [1.807, 2.05) is 36.4 Å². The van der Waals surface area contributed by atoms with E-state index in [2.05, 4.69) is 56.4 Å². The van der Waals surface area contributed by atoms with Crippen LogP contribution in [0.5, 0.6) is 5.75 Å². The number of hydrogen-bond acceptors (Lipinski definition) is 4. The zero-order chi connectivity index (χ0) is 22.5. The Labute approximate surface area is 193 Å². The monoisotopic (exact) mass is 444 g/mol. The number of nitrogens with one attached hydrogen (secondary N) is 1. The molecule has 0 saturated carbocycles. The molecule has 0 aliphatic rings. The van der Waals surface area contributed by atoms with Gasteiger partial charge >= 0.3 is 0 Å². The molecule has 1 heterocycles. The summed E-state index contributed by atoms with van der Waals surface area (Å²) in [4.78, 5) is 17.0. The molecule has 4 aromatic rings. The van der Waals surface area contributed by atoms with Crippen molar-refractivity contribution in [1.29, 1.82) is 0 Å². The molecule has 4 rings (SSSR count). The zero-order valence-electron chi connectivity index (χ0n) is 18.7. The Bertz CT molecular complexity index is 1190. The zero-order valence-corrected chi connectivity index (χ0v) is 19.5. The molecule has 0 spiro atoms. The van der Waals surface area contributed by atoms with Crippen LogP contribution in [-0.4, -0.2) is 17.5 Å². The number of ether oxygens (including phenoxy) is 1. The van der Waals surface area contributed by atoms with E-state index in [1.165, 1.54) is 15.8 Å². The number of anilines is 1. The van der Waals surface area contributed by atoms with Crippen molar-refractivity contribution in [2.75, 3.05) is 11.9 Å². The second kappa shape index (κ2) is 9.96. The number of hydrogen-bond donors (Lipinski definition) is 1. The molecule has 0 saturated heterocycles. The van der Waals surface area contributed by atoms with Crippen LogP contribution >= 0.6 is 11.3 Å². The van der Waals surface area contributed by atoms with Gasteiger partial charge in [0.2, 0.25) is 5.91 Å². The number of amides is 1. The van der Waals surface area contributed by atoms with Crippen molar-refractivity contribution in [2.24, 2.45) is 0 Å². The SMILES string of the molecule is Cc1ccc2nc(-c3ccc(NC(=O)CCCOc4ccc(C(C)C)cc4)cc3)sc2c1. The van der Waals surface area contributed by atoms with Crippen molar-refractivity contribution < 1.29 is 9.53 Å². The maximum atomic E-state index is 12.3. The van der Waals surface area contributed by atoms with E-state index in [0.29, 0.717) is 25.4 Å². The van der Waals surface area contributed by atoms with Gasteiger partial charge in [0.25, 0.3) is 0 Å². The fraction of sp³-hybridized carbons (Fsp3) is 0.259. The second-order valence-corrected chi connectivity index (χ2v) is 9.32. The number of nitrogens with zero attached hydrogens (tertiary/aromatic N) is 1. The highest BCUT2D eigenvalue weighted by molar-refractivity contribution is 7.21. The van der Waals surface area contributed by atoms with Crippen LogP contribution in [0.3, 0.4) is 0 Å². The molecule has 0 aliphatic carbocycles. The van der Waals surface area contributed by atoms with Gasteiger partial charge < -0.3 is 10.1 Å². The minimum Gasteiger partial charge on any atom is -0.494 e. The van der Waals surface area contributed by atoms with Crippen molar-refractivity contribution in [3.63, 3.8) is 0 Å². The summed E-state index contributed by atoms with van der Waals surface area (Å²) in [6.45, 7) is 6.95. The van der Waals surface area contributed by atoms with E-state index < -0.39 is 0 Å². The number of carbonyl (C=O) groups is 1. The Balaban J connectivity index is 1.25. The highest BCUT2D eigenvalue weighted by Crippen LogP contribution is 2.31. The Kier molecular flexibility index (Phi) is 6.86. The summed E-state index contributed by atoms with van der Waals surface area (Å²) >= 11 is 1.69. The number of thiazole rings is 1. The topological polar surface area (TPSA) is 51.2 Å². The number of carbonyl (C=O) groups excluding carboxylic acids is 1. The van der Waals surface area contributed by atoms with E-state index >= 15 is 0 Å². The first-order valence-corrected chi connectivity index (χ1v) is 11.8. The van der Waals surface area contributed by atoms with Crippen molar-refractivity contribution in [3.05, 3.63) is 77.9 Å². The van der Waals surface area contributed by atoms with Crippen LogP contribution in [0.1, 0.15) is 43.7 Å². The first-order valence-electron chi connectivity index (χ1n) is 11.0. The molecule has 164 valence electrons. The molecule has 0 bridgehead atoms. The third-order valence-corrected chi connectivity index (χ3v) is 6.39. The Morgan fingerprint density at radius 2 is 1.78 bits per heavy atom. The smallest absolute Gasteiger partial charge is 0.224 e. The molecular weight excluding hydrogens is 416 g/mol. The van der Waals surface area contributed by atoms with Gasteiger partial charge in [-0.2, -0.15) is 0 Å². The number of benzene rings is 3. The minimum absolute atomic E-state index is 0.00744. The molecule has 4 nitrogen and oxygen atoms in total. The van der Waals surface area contributed by atoms with Gasteiger partial charge in [0.05, 0.1) is 16.8 Å². The quantitative estimate of drug-likeness (QED) is 0.293. The predicted molar refractivity (Wildman–Crippen MR) is 134 cm³/mol. The number of aromatic nitrogens is 1. The minimum atomic E-state index is -0.00744. The molecule has 3 aromatic carbocycles. The molecule has 0 aliphatic heterocycles. The third kappa shape index (κ3) is 5.54. The summed E-state index contributed by atoms with van der Waals surface area (Å²) in [5.41, 5.74) is 5.40. The first-order chi connectivity index (χ1) is 15.5. The Hall–Kier alpha value is -3.18. The Morgan fingerprint density at radius 3 is 2.50 bits per heavy atom. The molecule has 1 N–H and O–H groups in total. The van der Waals surface area contributed by atoms with Gasteiger partial charge in [0.1, 0.15) is 10.8 Å². The van der Waals surface area contributed by atoms with Crippen LogP contribution in [0.25, 0.3) is 20.8 Å². The normalized spacial score (nSPS) is 11.1. The lowest BCUT2D eigenvalue weighted by Crippen LogP contribution is -2.12. The molecular formula is C27H28N2O2S. The maximum absolute atomic E-state index is 12.3. The van der Waals surface area contributed by atoms with Gasteiger partial charge in [-0.15, -0.1) is 11.3 Å². The lowest BCUT2D eigenvalue weighted by atomic mass is 10.0. The van der Waals surface area contributed by atoms with E-state index in [-0.39, 0.29) is 5.91 Å². The van der Waals surface area contributed by atoms with E-state index in [4.69, 9.17) is 9.72 Å². The van der Waals surface area contributed by atoms with Crippen LogP contribution in [-0.2, 0) is 4.79 Å². The van der Waals surface area contributed by atoms with Gasteiger partial charge in [-0.3, -0.25) is 4.79 Å². The largest absolute Gasteiger partial charge is 0.494 e. The average molecular weight is 445 g/mol. The van der Waals surface area contributed by atoms with Gasteiger partial charge in [-0.05, 0) is 78.9 Å². The number of rotatable bonds is 8. The van der Waals surface area contributed by atoms with Crippen LogP contribution in [0.4, 0.5) is 5.69 Å². The highest BCUT2D eigenvalue weighted by Gasteiger charge is 2.08. The highest BCUT2D eigenvalue weighted by atomic mass is 32.1. The number of fused-ring (bicyclic) bond motifs is 1. The fourth-order valence-electron chi connectivity index (χ4n) is 3.45. The molecule has 0 unspecified atom stereocenters. The predicted octanol–water partition coefficient (Wildman–Crippen LogP) is 7.19. The van der Waals surface area contributed by atoms with Crippen molar-refractivity contribution in [3.8, 4) is 16.3 Å². The van der Waals surface area contributed by atoms with E-state index in [0.717, 1.165) is 27.5 Å². The summed E-state index contributed by atoms with van der Waals surface area (Å²) in [5.74, 6) is 1.34. The summed E-state index contributed by atoms with van der Waals surface area (Å²) < 4.78 is 6.94. The average Bonchev–Trinajstić information content (AvgIpc) is 3.21. The van der Waals surface area contributed by atoms with Gasteiger partial charge in [-0.1, -0.05) is 32.0 Å². The van der Waals surface area contributed by atoms with Crippen molar-refractivity contribution >= 4 is 33.1 Å². The second-order valence-electron chi connectivity index (χ2n) is 8.29. The summed E-state index contributed by atoms with van der Waals surface area (Å²) in [7, 11) is 0. The molecule has 5 heteroatoms. The Morgan fingerprint density at radius 1 is 1.03 bits per heavy atom. The van der Waals surface area contributed by atoms with Crippen LogP contribution < -0.4 is 10.1 Å². The lowest BCUT2D eigenvalue weighted by molar-refractivity contribution is -0.116. The van der Waals surface area contributed by atoms with Gasteiger partial charge in [0, 0.05) is 17.7 Å². The van der Waals surface area contributed by atoms with Gasteiger partial charge in [0.15, 0.2) is 0 Å². The molecule has 1 amide bonds. The maximum Gasteiger partial charge on any atom is 0.224 e. The van der Waals surface area contributed by atoms with Crippen LogP contribution in [0.2, 0.25) is 0 Å². The molecule has 32 heavy (non-hydrogen) atoms. The summed E-state index contributed by atoms with van der Waals surface area (Å²) in [5, 5.41) is 3.95. The third-order valence-electron chi connectivity index (χ3n) is 5.32. The van der Waals surface area contributed by atoms with E-state index in [9.17, 15) is 4.79 Å². The summed E-state index contributed by atoms with van der Waals surface area (Å²) in [6.07, 6.45) is 1.09. The lowest BCUT2D eigenvalue weighted by Gasteiger charge is -2.09. The van der Waals surface area contributed by atoms with Gasteiger partial charge in [-0.25, -0.2) is 4.98 Å². The first kappa shape index (κ1) is 22.0. The van der Waals surface area contributed by atoms with Crippen molar-refractivity contribution in [2.45, 2.75) is 39.5 Å². The molecule has 0 atom stereocenters. The standard InChI is InChI=1S/C27H28N2O2S/c1-18(2)20-9-13-23(14-10-20)31-16-4-5-26(30)28-22-11-7-21(8-12-22)27-29-24-15-6-19(3)17-25(24)32-27/h6-15,17-18H,4-5,16H2,1-3H3,(H,28,30).